The van der Waals surface area contributed by atoms with E-state index in [1.54, 1.807) is 4.52 Å². The average Bonchev–Trinajstić information content (AvgIpc) is 3.22. The molecule has 7 heteroatoms. The van der Waals surface area contributed by atoms with Gasteiger partial charge in [-0.15, -0.1) is 5.10 Å². The second-order valence-electron chi connectivity index (χ2n) is 6.98. The SMILES string of the molecule is O=C(Nc1nc2cccc(-c3ccc(N4CCCC4)nc3)n2n1)C1CC1. The van der Waals surface area contributed by atoms with Crippen LogP contribution in [0.15, 0.2) is 36.5 Å². The van der Waals surface area contributed by atoms with Crippen LogP contribution in [-0.2, 0) is 4.79 Å². The van der Waals surface area contributed by atoms with Crippen molar-refractivity contribution >= 4 is 23.3 Å². The zero-order valence-electron chi connectivity index (χ0n) is 14.4. The molecule has 1 N–H and O–H groups in total. The van der Waals surface area contributed by atoms with Crippen molar-refractivity contribution < 1.29 is 4.79 Å². The lowest BCUT2D eigenvalue weighted by molar-refractivity contribution is -0.117. The van der Waals surface area contributed by atoms with Crippen LogP contribution in [0.4, 0.5) is 11.8 Å². The Hall–Kier alpha value is -2.96. The zero-order chi connectivity index (χ0) is 17.5. The number of amides is 1. The molecule has 2 fully saturated rings. The smallest absolute Gasteiger partial charge is 0.249 e. The molecule has 1 saturated carbocycles. The van der Waals surface area contributed by atoms with Gasteiger partial charge in [0.1, 0.15) is 5.82 Å². The van der Waals surface area contributed by atoms with Crippen LogP contribution in [0.5, 0.6) is 0 Å². The first kappa shape index (κ1) is 15.3. The maximum atomic E-state index is 12.0. The van der Waals surface area contributed by atoms with E-state index >= 15 is 0 Å². The second kappa shape index (κ2) is 6.09. The van der Waals surface area contributed by atoms with Crippen LogP contribution in [0.2, 0.25) is 0 Å². The zero-order valence-corrected chi connectivity index (χ0v) is 14.4. The second-order valence-corrected chi connectivity index (χ2v) is 6.98. The molecule has 3 aromatic rings. The predicted octanol–water partition coefficient (Wildman–Crippen LogP) is 2.74. The molecule has 1 amide bonds. The summed E-state index contributed by atoms with van der Waals surface area (Å²) in [4.78, 5) is 23.3. The van der Waals surface area contributed by atoms with E-state index < -0.39 is 0 Å². The van der Waals surface area contributed by atoms with Crippen LogP contribution in [-0.4, -0.2) is 38.6 Å². The van der Waals surface area contributed by atoms with Crippen molar-refractivity contribution in [3.8, 4) is 11.3 Å². The van der Waals surface area contributed by atoms with Crippen LogP contribution < -0.4 is 10.2 Å². The van der Waals surface area contributed by atoms with Gasteiger partial charge in [0.2, 0.25) is 11.9 Å². The Kier molecular flexibility index (Phi) is 3.58. The average molecular weight is 348 g/mol. The molecular weight excluding hydrogens is 328 g/mol. The maximum Gasteiger partial charge on any atom is 0.249 e. The number of hydrogen-bond acceptors (Lipinski definition) is 5. The lowest BCUT2D eigenvalue weighted by Crippen LogP contribution is -2.18. The van der Waals surface area contributed by atoms with Crippen molar-refractivity contribution in [2.75, 3.05) is 23.3 Å². The Morgan fingerprint density at radius 2 is 1.96 bits per heavy atom. The fraction of sp³-hybridized carbons (Fsp3) is 0.368. The molecule has 5 rings (SSSR count). The van der Waals surface area contributed by atoms with Crippen molar-refractivity contribution in [1.29, 1.82) is 0 Å². The molecule has 0 radical (unpaired) electrons. The van der Waals surface area contributed by atoms with Gasteiger partial charge < -0.3 is 4.90 Å². The van der Waals surface area contributed by atoms with Gasteiger partial charge in [-0.1, -0.05) is 6.07 Å². The minimum absolute atomic E-state index is 0.0130. The lowest BCUT2D eigenvalue weighted by Gasteiger charge is -2.16. The van der Waals surface area contributed by atoms with Crippen molar-refractivity contribution in [3.05, 3.63) is 36.5 Å². The van der Waals surface area contributed by atoms with Gasteiger partial charge in [0.05, 0.1) is 5.69 Å². The van der Waals surface area contributed by atoms with Crippen molar-refractivity contribution in [1.82, 2.24) is 19.6 Å². The van der Waals surface area contributed by atoms with Gasteiger partial charge in [-0.3, -0.25) is 10.1 Å². The molecular formula is C19H20N6O. The summed E-state index contributed by atoms with van der Waals surface area (Å²) in [6, 6.07) is 9.95. The summed E-state index contributed by atoms with van der Waals surface area (Å²) >= 11 is 0. The van der Waals surface area contributed by atoms with E-state index in [4.69, 9.17) is 0 Å². The van der Waals surface area contributed by atoms with E-state index in [1.165, 1.54) is 12.8 Å². The molecule has 3 aromatic heterocycles. The topological polar surface area (TPSA) is 75.4 Å². The number of nitrogens with one attached hydrogen (secondary N) is 1. The molecule has 132 valence electrons. The molecule has 26 heavy (non-hydrogen) atoms. The Balaban J connectivity index is 1.45. The first-order chi connectivity index (χ1) is 12.8. The summed E-state index contributed by atoms with van der Waals surface area (Å²) in [6.07, 6.45) is 6.26. The summed E-state index contributed by atoms with van der Waals surface area (Å²) in [7, 11) is 0. The largest absolute Gasteiger partial charge is 0.357 e. The normalized spacial score (nSPS) is 17.0. The number of anilines is 2. The predicted molar refractivity (Wildman–Crippen MR) is 99.0 cm³/mol. The molecule has 7 nitrogen and oxygen atoms in total. The minimum atomic E-state index is 0.0130. The van der Waals surface area contributed by atoms with Gasteiger partial charge in [0, 0.05) is 30.8 Å². The third-order valence-electron chi connectivity index (χ3n) is 5.02. The highest BCUT2D eigenvalue weighted by molar-refractivity contribution is 5.92. The molecule has 0 spiro atoms. The highest BCUT2D eigenvalue weighted by Crippen LogP contribution is 2.30. The minimum Gasteiger partial charge on any atom is -0.357 e. The number of pyridine rings is 2. The Labute approximate surface area is 151 Å². The number of nitrogens with zero attached hydrogens (tertiary/aromatic N) is 5. The van der Waals surface area contributed by atoms with Crippen LogP contribution in [0.1, 0.15) is 25.7 Å². The van der Waals surface area contributed by atoms with Gasteiger partial charge in [-0.05, 0) is 49.9 Å². The summed E-state index contributed by atoms with van der Waals surface area (Å²) in [6.45, 7) is 2.16. The molecule has 0 unspecified atom stereocenters. The van der Waals surface area contributed by atoms with Gasteiger partial charge >= 0.3 is 0 Å². The fourth-order valence-corrected chi connectivity index (χ4v) is 3.41. The van der Waals surface area contributed by atoms with Crippen molar-refractivity contribution in [2.24, 2.45) is 5.92 Å². The van der Waals surface area contributed by atoms with Gasteiger partial charge in [-0.2, -0.15) is 4.98 Å². The third-order valence-corrected chi connectivity index (χ3v) is 5.02. The van der Waals surface area contributed by atoms with E-state index in [-0.39, 0.29) is 11.8 Å². The molecule has 2 aliphatic rings. The molecule has 4 heterocycles. The van der Waals surface area contributed by atoms with E-state index in [9.17, 15) is 4.79 Å². The van der Waals surface area contributed by atoms with Crippen LogP contribution in [0.3, 0.4) is 0 Å². The van der Waals surface area contributed by atoms with E-state index in [0.29, 0.717) is 11.6 Å². The summed E-state index contributed by atoms with van der Waals surface area (Å²) < 4.78 is 1.76. The standard InChI is InChI=1S/C19H20N6O/c26-18(13-6-7-13)22-19-21-17-5-3-4-15(25(17)23-19)14-8-9-16(20-12-14)24-10-1-2-11-24/h3-5,8-9,12-13H,1-2,6-7,10-11H2,(H,22,23,26). The molecule has 1 aliphatic carbocycles. The van der Waals surface area contributed by atoms with E-state index in [0.717, 1.165) is 43.0 Å². The number of aromatic nitrogens is 4. The summed E-state index contributed by atoms with van der Waals surface area (Å²) in [5.74, 6) is 1.52. The number of rotatable bonds is 4. The van der Waals surface area contributed by atoms with Gasteiger partial charge in [0.25, 0.3) is 0 Å². The van der Waals surface area contributed by atoms with Gasteiger partial charge in [-0.25, -0.2) is 9.50 Å². The maximum absolute atomic E-state index is 12.0. The van der Waals surface area contributed by atoms with Gasteiger partial charge in [0.15, 0.2) is 5.65 Å². The monoisotopic (exact) mass is 348 g/mol. The molecule has 0 atom stereocenters. The van der Waals surface area contributed by atoms with Crippen molar-refractivity contribution in [2.45, 2.75) is 25.7 Å². The quantitative estimate of drug-likeness (QED) is 0.785. The molecule has 1 saturated heterocycles. The Morgan fingerprint density at radius 1 is 1.12 bits per heavy atom. The van der Waals surface area contributed by atoms with Crippen LogP contribution >= 0.6 is 0 Å². The van der Waals surface area contributed by atoms with Crippen molar-refractivity contribution in [3.63, 3.8) is 0 Å². The number of hydrogen-bond donors (Lipinski definition) is 1. The molecule has 0 bridgehead atoms. The van der Waals surface area contributed by atoms with E-state index in [2.05, 4.69) is 37.4 Å². The third kappa shape index (κ3) is 2.79. The molecule has 0 aromatic carbocycles. The summed E-state index contributed by atoms with van der Waals surface area (Å²) in [5, 5.41) is 7.29. The highest BCUT2D eigenvalue weighted by atomic mass is 16.2. The highest BCUT2D eigenvalue weighted by Gasteiger charge is 2.30. The number of carbonyl (C=O) groups excluding carboxylic acids is 1. The Morgan fingerprint density at radius 3 is 2.69 bits per heavy atom. The lowest BCUT2D eigenvalue weighted by atomic mass is 10.2. The van der Waals surface area contributed by atoms with Crippen LogP contribution in [0, 0.1) is 5.92 Å². The number of fused-ring (bicyclic) bond motifs is 1. The fourth-order valence-electron chi connectivity index (χ4n) is 3.41. The first-order valence-corrected chi connectivity index (χ1v) is 9.16. The first-order valence-electron chi connectivity index (χ1n) is 9.16. The molecule has 1 aliphatic heterocycles. The van der Waals surface area contributed by atoms with Crippen LogP contribution in [0.25, 0.3) is 16.9 Å². The Bertz CT molecular complexity index is 954. The summed E-state index contributed by atoms with van der Waals surface area (Å²) in [5.41, 5.74) is 2.59. The van der Waals surface area contributed by atoms with E-state index in [1.807, 2.05) is 24.4 Å². The number of carbonyl (C=O) groups is 1.